The first-order valence-electron chi connectivity index (χ1n) is 7.37. The number of anilines is 1. The van der Waals surface area contributed by atoms with E-state index in [0.717, 1.165) is 11.1 Å². The van der Waals surface area contributed by atoms with E-state index in [1.54, 1.807) is 6.07 Å². The minimum absolute atomic E-state index is 0.0817. The van der Waals surface area contributed by atoms with Gasteiger partial charge in [-0.3, -0.25) is 4.79 Å². The van der Waals surface area contributed by atoms with Gasteiger partial charge in [-0.15, -0.1) is 0 Å². The molecule has 0 aliphatic rings. The summed E-state index contributed by atoms with van der Waals surface area (Å²) in [5, 5.41) is 0. The highest BCUT2D eigenvalue weighted by Crippen LogP contribution is 2.31. The molecule has 0 heterocycles. The Morgan fingerprint density at radius 3 is 2.61 bits per heavy atom. The first kappa shape index (κ1) is 17.6. The van der Waals surface area contributed by atoms with Crippen molar-refractivity contribution in [2.75, 3.05) is 5.73 Å². The fourth-order valence-corrected chi connectivity index (χ4v) is 3.03. The summed E-state index contributed by atoms with van der Waals surface area (Å²) in [6, 6.07) is 7.48. The van der Waals surface area contributed by atoms with Gasteiger partial charge < -0.3 is 5.73 Å². The van der Waals surface area contributed by atoms with E-state index in [2.05, 4.69) is 15.9 Å². The van der Waals surface area contributed by atoms with Crippen LogP contribution in [0.2, 0.25) is 0 Å². The summed E-state index contributed by atoms with van der Waals surface area (Å²) < 4.78 is 27.9. The van der Waals surface area contributed by atoms with Gasteiger partial charge in [0.05, 0.1) is 10.0 Å². The Labute approximate surface area is 142 Å². The van der Waals surface area contributed by atoms with Gasteiger partial charge in [-0.25, -0.2) is 8.78 Å². The number of ketones is 1. The molecule has 1 atom stereocenters. The standard InChI is InChI=1S/C18H18BrF2NO/c1-3-11(13-9-12(20)5-4-10(13)2)8-16(23)17-15(22)7-6-14(19)18(17)21/h4-7,9,11H,3,8,22H2,1-2H3. The molecule has 0 aromatic heterocycles. The summed E-state index contributed by atoms with van der Waals surface area (Å²) in [7, 11) is 0. The Balaban J connectivity index is 2.35. The van der Waals surface area contributed by atoms with Crippen molar-refractivity contribution in [1.82, 2.24) is 0 Å². The normalized spacial score (nSPS) is 12.2. The van der Waals surface area contributed by atoms with Crippen molar-refractivity contribution in [3.8, 4) is 0 Å². The minimum Gasteiger partial charge on any atom is -0.398 e. The number of hydrogen-bond donors (Lipinski definition) is 1. The average Bonchev–Trinajstić information content (AvgIpc) is 2.51. The largest absolute Gasteiger partial charge is 0.398 e. The topological polar surface area (TPSA) is 43.1 Å². The SMILES string of the molecule is CCC(CC(=O)c1c(N)ccc(Br)c1F)c1cc(F)ccc1C. The lowest BCUT2D eigenvalue weighted by Gasteiger charge is -2.18. The number of carbonyl (C=O) groups is 1. The third-order valence-corrected chi connectivity index (χ3v) is 4.62. The molecule has 1 unspecified atom stereocenters. The molecule has 0 bridgehead atoms. The monoisotopic (exact) mass is 381 g/mol. The molecule has 0 saturated heterocycles. The van der Waals surface area contributed by atoms with Crippen molar-refractivity contribution in [2.24, 2.45) is 0 Å². The molecule has 5 heteroatoms. The van der Waals surface area contributed by atoms with E-state index in [-0.39, 0.29) is 39.7 Å². The van der Waals surface area contributed by atoms with Gasteiger partial charge in [0.25, 0.3) is 0 Å². The van der Waals surface area contributed by atoms with Crippen LogP contribution in [0.1, 0.15) is 47.2 Å². The van der Waals surface area contributed by atoms with Crippen molar-refractivity contribution < 1.29 is 13.6 Å². The van der Waals surface area contributed by atoms with Gasteiger partial charge in [0.2, 0.25) is 0 Å². The molecule has 0 spiro atoms. The lowest BCUT2D eigenvalue weighted by atomic mass is 9.86. The summed E-state index contributed by atoms with van der Waals surface area (Å²) in [5.74, 6) is -1.56. The quantitative estimate of drug-likeness (QED) is 0.557. The second-order valence-corrected chi connectivity index (χ2v) is 6.41. The molecule has 0 radical (unpaired) electrons. The smallest absolute Gasteiger partial charge is 0.168 e. The third kappa shape index (κ3) is 3.78. The van der Waals surface area contributed by atoms with Crippen molar-refractivity contribution in [1.29, 1.82) is 0 Å². The molecule has 23 heavy (non-hydrogen) atoms. The molecule has 0 amide bonds. The predicted octanol–water partition coefficient (Wildman–Crippen LogP) is 5.38. The average molecular weight is 382 g/mol. The lowest BCUT2D eigenvalue weighted by molar-refractivity contribution is 0.0969. The number of halogens is 3. The summed E-state index contributed by atoms with van der Waals surface area (Å²) in [4.78, 5) is 12.5. The summed E-state index contributed by atoms with van der Waals surface area (Å²) in [6.07, 6.45) is 0.726. The molecule has 2 aromatic carbocycles. The number of carbonyl (C=O) groups excluding carboxylic acids is 1. The van der Waals surface area contributed by atoms with Crippen molar-refractivity contribution in [2.45, 2.75) is 32.6 Å². The van der Waals surface area contributed by atoms with Crippen LogP contribution in [0.25, 0.3) is 0 Å². The zero-order valence-corrected chi connectivity index (χ0v) is 14.6. The zero-order valence-electron chi connectivity index (χ0n) is 13.0. The summed E-state index contributed by atoms with van der Waals surface area (Å²) in [5.41, 5.74) is 7.45. The molecule has 2 N–H and O–H groups in total. The van der Waals surface area contributed by atoms with Gasteiger partial charge in [-0.05, 0) is 70.6 Å². The number of aryl methyl sites for hydroxylation is 1. The second kappa shape index (κ2) is 7.21. The van der Waals surface area contributed by atoms with E-state index in [0.29, 0.717) is 6.42 Å². The third-order valence-electron chi connectivity index (χ3n) is 4.01. The van der Waals surface area contributed by atoms with Gasteiger partial charge >= 0.3 is 0 Å². The van der Waals surface area contributed by atoms with Crippen LogP contribution in [0.3, 0.4) is 0 Å². The van der Waals surface area contributed by atoms with Crippen LogP contribution < -0.4 is 5.73 Å². The second-order valence-electron chi connectivity index (χ2n) is 5.56. The summed E-state index contributed by atoms with van der Waals surface area (Å²) in [6.45, 7) is 3.79. The highest BCUT2D eigenvalue weighted by atomic mass is 79.9. The maximum atomic E-state index is 14.2. The molecule has 2 nitrogen and oxygen atoms in total. The van der Waals surface area contributed by atoms with Crippen LogP contribution in [0.5, 0.6) is 0 Å². The lowest BCUT2D eigenvalue weighted by Crippen LogP contribution is -2.12. The molecule has 0 saturated carbocycles. The van der Waals surface area contributed by atoms with Gasteiger partial charge in [-0.2, -0.15) is 0 Å². The molecule has 122 valence electrons. The fraction of sp³-hybridized carbons (Fsp3) is 0.278. The number of benzene rings is 2. The highest BCUT2D eigenvalue weighted by molar-refractivity contribution is 9.10. The molecule has 2 rings (SSSR count). The van der Waals surface area contributed by atoms with Gasteiger partial charge in [0, 0.05) is 12.1 Å². The Bertz CT molecular complexity index is 746. The van der Waals surface area contributed by atoms with Crippen LogP contribution >= 0.6 is 15.9 Å². The maximum absolute atomic E-state index is 14.2. The summed E-state index contributed by atoms with van der Waals surface area (Å²) >= 11 is 3.07. The number of nitrogen functional groups attached to an aromatic ring is 1. The van der Waals surface area contributed by atoms with Gasteiger partial charge in [0.1, 0.15) is 11.6 Å². The van der Waals surface area contributed by atoms with E-state index >= 15 is 0 Å². The first-order chi connectivity index (χ1) is 10.8. The van der Waals surface area contributed by atoms with Crippen LogP contribution in [0.15, 0.2) is 34.8 Å². The number of rotatable bonds is 5. The maximum Gasteiger partial charge on any atom is 0.168 e. The molecular formula is C18H18BrF2NO. The fourth-order valence-electron chi connectivity index (χ4n) is 2.70. The number of hydrogen-bond acceptors (Lipinski definition) is 2. The van der Waals surface area contributed by atoms with E-state index in [1.165, 1.54) is 24.3 Å². The zero-order chi connectivity index (χ0) is 17.1. The van der Waals surface area contributed by atoms with E-state index in [4.69, 9.17) is 5.73 Å². The van der Waals surface area contributed by atoms with Crippen molar-refractivity contribution in [3.05, 3.63) is 63.1 Å². The molecule has 0 aliphatic heterocycles. The van der Waals surface area contributed by atoms with Crippen molar-refractivity contribution in [3.63, 3.8) is 0 Å². The Hall–Kier alpha value is -1.75. The number of Topliss-reactive ketones (excluding diaryl/α,β-unsaturated/α-hetero) is 1. The molecular weight excluding hydrogens is 364 g/mol. The predicted molar refractivity (Wildman–Crippen MR) is 91.6 cm³/mol. The Morgan fingerprint density at radius 2 is 1.96 bits per heavy atom. The van der Waals surface area contributed by atoms with Crippen LogP contribution in [-0.4, -0.2) is 5.78 Å². The van der Waals surface area contributed by atoms with E-state index < -0.39 is 5.82 Å². The first-order valence-corrected chi connectivity index (χ1v) is 8.17. The van der Waals surface area contributed by atoms with Crippen LogP contribution in [0, 0.1) is 18.6 Å². The molecule has 0 aliphatic carbocycles. The van der Waals surface area contributed by atoms with Gasteiger partial charge in [0.15, 0.2) is 5.78 Å². The Morgan fingerprint density at radius 1 is 1.26 bits per heavy atom. The molecule has 0 fully saturated rings. The molecule has 2 aromatic rings. The van der Waals surface area contributed by atoms with Crippen LogP contribution in [-0.2, 0) is 0 Å². The van der Waals surface area contributed by atoms with E-state index in [1.807, 2.05) is 13.8 Å². The van der Waals surface area contributed by atoms with E-state index in [9.17, 15) is 13.6 Å². The number of nitrogens with two attached hydrogens (primary N) is 1. The highest BCUT2D eigenvalue weighted by Gasteiger charge is 2.23. The minimum atomic E-state index is -0.652. The van der Waals surface area contributed by atoms with Crippen LogP contribution in [0.4, 0.5) is 14.5 Å². The Kier molecular flexibility index (Phi) is 5.52. The van der Waals surface area contributed by atoms with Crippen molar-refractivity contribution >= 4 is 27.4 Å². The van der Waals surface area contributed by atoms with Gasteiger partial charge in [-0.1, -0.05) is 13.0 Å².